The van der Waals surface area contributed by atoms with Gasteiger partial charge in [0.25, 0.3) is 5.89 Å². The summed E-state index contributed by atoms with van der Waals surface area (Å²) in [6.07, 6.45) is 1.73. The number of ether oxygens (including phenoxy) is 3. The van der Waals surface area contributed by atoms with Crippen LogP contribution in [0.4, 0.5) is 0 Å². The first-order chi connectivity index (χ1) is 14.0. The summed E-state index contributed by atoms with van der Waals surface area (Å²) < 4.78 is 21.9. The molecule has 6 nitrogen and oxygen atoms in total. The summed E-state index contributed by atoms with van der Waals surface area (Å²) in [6, 6.07) is 13.0. The quantitative estimate of drug-likeness (QED) is 0.483. The van der Waals surface area contributed by atoms with Crippen molar-refractivity contribution in [3.05, 3.63) is 53.9 Å². The fourth-order valence-electron chi connectivity index (χ4n) is 2.62. The lowest BCUT2D eigenvalue weighted by molar-refractivity contribution is 0.257. The Morgan fingerprint density at radius 1 is 1.07 bits per heavy atom. The highest BCUT2D eigenvalue weighted by atomic mass is 35.5. The lowest BCUT2D eigenvalue weighted by atomic mass is 10.1. The van der Waals surface area contributed by atoms with Crippen molar-refractivity contribution in [3.63, 3.8) is 0 Å². The second-order valence-electron chi connectivity index (χ2n) is 6.73. The van der Waals surface area contributed by atoms with Gasteiger partial charge in [0.1, 0.15) is 10.8 Å². The maximum atomic E-state index is 6.41. The van der Waals surface area contributed by atoms with Crippen LogP contribution in [0.1, 0.15) is 25.3 Å². The summed E-state index contributed by atoms with van der Waals surface area (Å²) in [4.78, 5) is 4.38. The summed E-state index contributed by atoms with van der Waals surface area (Å²) in [5, 5.41) is 4.33. The molecule has 1 aromatic heterocycles. The molecule has 0 spiro atoms. The lowest BCUT2D eigenvalue weighted by Crippen LogP contribution is -2.05. The molecule has 0 aliphatic rings. The predicted molar refractivity (Wildman–Crippen MR) is 113 cm³/mol. The Morgan fingerprint density at radius 2 is 1.83 bits per heavy atom. The van der Waals surface area contributed by atoms with Crippen molar-refractivity contribution in [3.8, 4) is 28.6 Å². The molecule has 3 rings (SSSR count). The minimum atomic E-state index is 0.215. The van der Waals surface area contributed by atoms with Gasteiger partial charge in [0, 0.05) is 0 Å². The van der Waals surface area contributed by atoms with Gasteiger partial charge in [-0.2, -0.15) is 4.98 Å². The van der Waals surface area contributed by atoms with E-state index in [4.69, 9.17) is 30.3 Å². The number of hydrogen-bond donors (Lipinski definition) is 0. The molecule has 2 aromatic carbocycles. The van der Waals surface area contributed by atoms with E-state index in [0.29, 0.717) is 40.6 Å². The van der Waals surface area contributed by atoms with E-state index in [9.17, 15) is 0 Å². The summed E-state index contributed by atoms with van der Waals surface area (Å²) in [5.74, 6) is 3.01. The molecule has 0 aliphatic heterocycles. The highest BCUT2D eigenvalue weighted by Crippen LogP contribution is 2.32. The van der Waals surface area contributed by atoms with E-state index in [0.717, 1.165) is 11.1 Å². The maximum absolute atomic E-state index is 6.41. The average Bonchev–Trinajstić information content (AvgIpc) is 3.22. The average molecular weight is 415 g/mol. The molecule has 0 N–H and O–H groups in total. The van der Waals surface area contributed by atoms with E-state index in [2.05, 4.69) is 24.0 Å². The van der Waals surface area contributed by atoms with Crippen LogP contribution in [0.15, 0.2) is 47.0 Å². The Morgan fingerprint density at radius 3 is 2.55 bits per heavy atom. The number of hydrogen-bond acceptors (Lipinski definition) is 6. The molecular formula is C22H23ClN2O4. The fraction of sp³-hybridized carbons (Fsp3) is 0.273. The zero-order valence-corrected chi connectivity index (χ0v) is 17.6. The lowest BCUT2D eigenvalue weighted by Gasteiger charge is -2.12. The van der Waals surface area contributed by atoms with E-state index in [-0.39, 0.29) is 5.89 Å². The van der Waals surface area contributed by atoms with Crippen LogP contribution in [0, 0.1) is 5.92 Å². The number of aromatic nitrogens is 2. The van der Waals surface area contributed by atoms with Crippen LogP contribution in [-0.4, -0.2) is 31.0 Å². The molecule has 152 valence electrons. The predicted octanol–water partition coefficient (Wildman–Crippen LogP) is 5.53. The van der Waals surface area contributed by atoms with E-state index < -0.39 is 0 Å². The van der Waals surface area contributed by atoms with Gasteiger partial charge < -0.3 is 18.7 Å². The second-order valence-corrected chi connectivity index (χ2v) is 7.14. The molecule has 0 saturated carbocycles. The molecule has 3 aromatic rings. The van der Waals surface area contributed by atoms with Crippen LogP contribution in [-0.2, 0) is 0 Å². The molecule has 0 fully saturated rings. The molecule has 0 amide bonds. The molecule has 0 bridgehead atoms. The first-order valence-corrected chi connectivity index (χ1v) is 9.55. The van der Waals surface area contributed by atoms with E-state index in [1.165, 1.54) is 0 Å². The Bertz CT molecular complexity index is 998. The van der Waals surface area contributed by atoms with Crippen LogP contribution < -0.4 is 14.2 Å². The van der Waals surface area contributed by atoms with E-state index in [1.807, 2.05) is 42.5 Å². The van der Waals surface area contributed by atoms with Gasteiger partial charge in [0.2, 0.25) is 5.82 Å². The smallest absolute Gasteiger partial charge is 0.269 e. The van der Waals surface area contributed by atoms with Crippen molar-refractivity contribution in [2.45, 2.75) is 13.8 Å². The molecule has 0 atom stereocenters. The molecule has 0 radical (unpaired) electrons. The second kappa shape index (κ2) is 9.47. The monoisotopic (exact) mass is 414 g/mol. The third-order valence-corrected chi connectivity index (χ3v) is 4.30. The molecule has 1 heterocycles. The Balaban J connectivity index is 1.83. The van der Waals surface area contributed by atoms with E-state index in [1.54, 1.807) is 20.3 Å². The molecule has 0 saturated heterocycles. The van der Waals surface area contributed by atoms with Gasteiger partial charge in [-0.1, -0.05) is 48.8 Å². The van der Waals surface area contributed by atoms with Crippen LogP contribution in [0.5, 0.6) is 17.2 Å². The van der Waals surface area contributed by atoms with Crippen LogP contribution in [0.2, 0.25) is 0 Å². The Kier molecular flexibility index (Phi) is 6.77. The van der Waals surface area contributed by atoms with Crippen LogP contribution >= 0.6 is 11.6 Å². The molecule has 7 heteroatoms. The van der Waals surface area contributed by atoms with Gasteiger partial charge in [-0.3, -0.25) is 0 Å². The number of benzene rings is 2. The Hall–Kier alpha value is -2.99. The number of rotatable bonds is 8. The fourth-order valence-corrected chi connectivity index (χ4v) is 2.82. The minimum Gasteiger partial charge on any atom is -0.496 e. The van der Waals surface area contributed by atoms with E-state index >= 15 is 0 Å². The number of halogens is 1. The maximum Gasteiger partial charge on any atom is 0.269 e. The zero-order valence-electron chi connectivity index (χ0n) is 16.8. The van der Waals surface area contributed by atoms with Crippen molar-refractivity contribution in [2.24, 2.45) is 5.92 Å². The molecular weight excluding hydrogens is 392 g/mol. The van der Waals surface area contributed by atoms with Gasteiger partial charge in [-0.15, -0.1) is 0 Å². The van der Waals surface area contributed by atoms with Gasteiger partial charge >= 0.3 is 0 Å². The van der Waals surface area contributed by atoms with Crippen molar-refractivity contribution in [1.29, 1.82) is 0 Å². The number of nitrogens with zero attached hydrogens (tertiary/aromatic N) is 2. The molecule has 0 aliphatic carbocycles. The van der Waals surface area contributed by atoms with Gasteiger partial charge in [-0.05, 0) is 41.8 Å². The Labute approximate surface area is 175 Å². The molecule has 29 heavy (non-hydrogen) atoms. The number of methoxy groups -OCH3 is 2. The summed E-state index contributed by atoms with van der Waals surface area (Å²) >= 11 is 6.41. The summed E-state index contributed by atoms with van der Waals surface area (Å²) in [5.41, 5.74) is 1.54. The standard InChI is InChI=1S/C22H23ClN2O4/c1-14(2)13-28-19-10-9-15(12-20(19)27-4)11-17(23)22-24-21(25-29-22)16-7-5-6-8-18(16)26-3/h5-12,14H,13H2,1-4H3/b17-11-. The van der Waals surface area contributed by atoms with Crippen molar-refractivity contribution in [1.82, 2.24) is 10.1 Å². The highest BCUT2D eigenvalue weighted by Gasteiger charge is 2.15. The summed E-state index contributed by atoms with van der Waals surface area (Å²) in [7, 11) is 3.19. The van der Waals surface area contributed by atoms with Crippen LogP contribution in [0.3, 0.4) is 0 Å². The largest absolute Gasteiger partial charge is 0.496 e. The van der Waals surface area contributed by atoms with Crippen molar-refractivity contribution in [2.75, 3.05) is 20.8 Å². The van der Waals surface area contributed by atoms with Gasteiger partial charge in [0.05, 0.1) is 26.4 Å². The molecule has 0 unspecified atom stereocenters. The first kappa shape index (κ1) is 20.7. The first-order valence-electron chi connectivity index (χ1n) is 9.17. The summed E-state index contributed by atoms with van der Waals surface area (Å²) in [6.45, 7) is 4.79. The topological polar surface area (TPSA) is 66.6 Å². The third kappa shape index (κ3) is 5.09. The number of para-hydroxylation sites is 1. The van der Waals surface area contributed by atoms with Gasteiger partial charge in [-0.25, -0.2) is 0 Å². The normalized spacial score (nSPS) is 11.6. The van der Waals surface area contributed by atoms with Crippen molar-refractivity contribution < 1.29 is 18.7 Å². The third-order valence-electron chi connectivity index (χ3n) is 4.03. The van der Waals surface area contributed by atoms with Crippen LogP contribution in [0.25, 0.3) is 22.5 Å². The highest BCUT2D eigenvalue weighted by molar-refractivity contribution is 6.50. The van der Waals surface area contributed by atoms with Gasteiger partial charge in [0.15, 0.2) is 11.5 Å². The zero-order chi connectivity index (χ0) is 20.8. The SMILES string of the molecule is COc1cc(/C=C(\Cl)c2nc(-c3ccccc3OC)no2)ccc1OCC(C)C. The van der Waals surface area contributed by atoms with Crippen molar-refractivity contribution >= 4 is 22.7 Å². The minimum absolute atomic E-state index is 0.215.